The molecule has 6 nitrogen and oxygen atoms in total. The molecule has 0 saturated carbocycles. The molecule has 0 saturated heterocycles. The van der Waals surface area contributed by atoms with E-state index in [1.807, 2.05) is 0 Å². The molecule has 140 valence electrons. The first kappa shape index (κ1) is 18.2. The van der Waals surface area contributed by atoms with Gasteiger partial charge in [-0.15, -0.1) is 0 Å². The van der Waals surface area contributed by atoms with E-state index in [0.29, 0.717) is 17.8 Å². The summed E-state index contributed by atoms with van der Waals surface area (Å²) in [5.41, 5.74) is 0. The third-order valence-electron chi connectivity index (χ3n) is 5.20. The molecule has 0 fully saturated rings. The van der Waals surface area contributed by atoms with Crippen LogP contribution in [0.3, 0.4) is 0 Å². The van der Waals surface area contributed by atoms with E-state index >= 15 is 0 Å². The van der Waals surface area contributed by atoms with E-state index in [0.717, 1.165) is 89.3 Å². The lowest BCUT2D eigenvalue weighted by Crippen LogP contribution is -2.21. The maximum atomic E-state index is 5.70. The number of nitrogens with zero attached hydrogens (tertiary/aromatic N) is 3. The summed E-state index contributed by atoms with van der Waals surface area (Å²) in [6.45, 7) is 9.06. The number of rotatable bonds is 10. The molecule has 3 atom stereocenters. The van der Waals surface area contributed by atoms with E-state index in [1.54, 1.807) is 0 Å². The summed E-state index contributed by atoms with van der Waals surface area (Å²) in [5.74, 6) is 4.13. The van der Waals surface area contributed by atoms with Gasteiger partial charge >= 0.3 is 0 Å². The van der Waals surface area contributed by atoms with Crippen molar-refractivity contribution in [1.82, 2.24) is 0 Å². The van der Waals surface area contributed by atoms with Gasteiger partial charge in [-0.05, 0) is 31.6 Å². The molecule has 0 N–H and O–H groups in total. The van der Waals surface area contributed by atoms with Gasteiger partial charge in [-0.3, -0.25) is 15.0 Å². The molecule has 0 aliphatic carbocycles. The van der Waals surface area contributed by atoms with Gasteiger partial charge in [0.1, 0.15) is 19.8 Å². The molecule has 0 bridgehead atoms. The summed E-state index contributed by atoms with van der Waals surface area (Å²) in [6.07, 6.45) is 5.29. The summed E-state index contributed by atoms with van der Waals surface area (Å²) in [4.78, 5) is 13.5. The van der Waals surface area contributed by atoms with Crippen molar-refractivity contribution in [2.24, 2.45) is 32.7 Å². The van der Waals surface area contributed by atoms with Crippen LogP contribution in [-0.2, 0) is 14.2 Å². The standard InChI is InChI=1S/C19H31N3O3/c1-3-16(19-22-8-11-25-19)5-4-15(13-17-20-6-9-23-17)12-14(2)18-21-7-10-24-18/h14-16H,3-13H2,1-2H3. The molecule has 25 heavy (non-hydrogen) atoms. The van der Waals surface area contributed by atoms with Crippen molar-refractivity contribution in [3.63, 3.8) is 0 Å². The Morgan fingerprint density at radius 3 is 2.16 bits per heavy atom. The Morgan fingerprint density at radius 1 is 0.880 bits per heavy atom. The Morgan fingerprint density at radius 2 is 1.56 bits per heavy atom. The third-order valence-corrected chi connectivity index (χ3v) is 5.20. The van der Waals surface area contributed by atoms with E-state index in [9.17, 15) is 0 Å². The zero-order valence-electron chi connectivity index (χ0n) is 15.6. The van der Waals surface area contributed by atoms with Gasteiger partial charge in [0.25, 0.3) is 0 Å². The van der Waals surface area contributed by atoms with Gasteiger partial charge in [0.05, 0.1) is 19.6 Å². The zero-order chi connectivity index (χ0) is 17.5. The van der Waals surface area contributed by atoms with Gasteiger partial charge in [-0.2, -0.15) is 0 Å². The lowest BCUT2D eigenvalue weighted by atomic mass is 9.86. The average Bonchev–Trinajstić information content (AvgIpc) is 3.37. The Bertz CT molecular complexity index is 530. The zero-order valence-corrected chi connectivity index (χ0v) is 15.6. The number of hydrogen-bond acceptors (Lipinski definition) is 6. The first-order valence-electron chi connectivity index (χ1n) is 9.76. The van der Waals surface area contributed by atoms with Crippen LogP contribution in [0.15, 0.2) is 15.0 Å². The molecule has 3 unspecified atom stereocenters. The fourth-order valence-electron chi connectivity index (χ4n) is 3.84. The first-order valence-corrected chi connectivity index (χ1v) is 9.76. The Balaban J connectivity index is 1.56. The minimum Gasteiger partial charge on any atom is -0.479 e. The summed E-state index contributed by atoms with van der Waals surface area (Å²) in [5, 5.41) is 0. The van der Waals surface area contributed by atoms with Crippen LogP contribution < -0.4 is 0 Å². The molecule has 0 radical (unpaired) electrons. The predicted octanol–water partition coefficient (Wildman–Crippen LogP) is 3.11. The van der Waals surface area contributed by atoms with Crippen LogP contribution in [0.1, 0.15) is 46.0 Å². The maximum Gasteiger partial charge on any atom is 0.186 e. The minimum atomic E-state index is 0.356. The van der Waals surface area contributed by atoms with Crippen molar-refractivity contribution in [2.75, 3.05) is 39.5 Å². The second-order valence-electron chi connectivity index (χ2n) is 7.15. The highest BCUT2D eigenvalue weighted by Gasteiger charge is 2.26. The minimum absolute atomic E-state index is 0.356. The normalized spacial score (nSPS) is 23.0. The van der Waals surface area contributed by atoms with Crippen LogP contribution >= 0.6 is 0 Å². The molecule has 0 aromatic heterocycles. The topological polar surface area (TPSA) is 64.8 Å². The highest BCUT2D eigenvalue weighted by molar-refractivity contribution is 5.80. The Hall–Kier alpha value is -1.59. The summed E-state index contributed by atoms with van der Waals surface area (Å²) < 4.78 is 17.0. The van der Waals surface area contributed by atoms with Crippen molar-refractivity contribution in [3.8, 4) is 0 Å². The van der Waals surface area contributed by atoms with Crippen LogP contribution in [0.5, 0.6) is 0 Å². The fourth-order valence-corrected chi connectivity index (χ4v) is 3.84. The monoisotopic (exact) mass is 349 g/mol. The lowest BCUT2D eigenvalue weighted by Gasteiger charge is -2.23. The van der Waals surface area contributed by atoms with Crippen LogP contribution in [0, 0.1) is 17.8 Å². The summed E-state index contributed by atoms with van der Waals surface area (Å²) in [7, 11) is 0. The van der Waals surface area contributed by atoms with Crippen molar-refractivity contribution in [2.45, 2.75) is 46.0 Å². The second-order valence-corrected chi connectivity index (χ2v) is 7.15. The molecule has 0 aromatic carbocycles. The molecule has 3 aliphatic heterocycles. The van der Waals surface area contributed by atoms with Gasteiger partial charge in [0.15, 0.2) is 17.7 Å². The van der Waals surface area contributed by atoms with Crippen LogP contribution in [0.25, 0.3) is 0 Å². The van der Waals surface area contributed by atoms with E-state index in [1.165, 1.54) is 0 Å². The predicted molar refractivity (Wildman–Crippen MR) is 99.7 cm³/mol. The van der Waals surface area contributed by atoms with E-state index < -0.39 is 0 Å². The van der Waals surface area contributed by atoms with Gasteiger partial charge in [-0.25, -0.2) is 0 Å². The summed E-state index contributed by atoms with van der Waals surface area (Å²) >= 11 is 0. The number of hydrogen-bond donors (Lipinski definition) is 0. The van der Waals surface area contributed by atoms with Crippen LogP contribution in [0.4, 0.5) is 0 Å². The van der Waals surface area contributed by atoms with E-state index in [2.05, 4.69) is 28.8 Å². The molecule has 0 amide bonds. The van der Waals surface area contributed by atoms with Gasteiger partial charge < -0.3 is 14.2 Å². The van der Waals surface area contributed by atoms with E-state index in [4.69, 9.17) is 14.2 Å². The smallest absolute Gasteiger partial charge is 0.186 e. The largest absolute Gasteiger partial charge is 0.479 e. The quantitative estimate of drug-likeness (QED) is 0.609. The first-order chi connectivity index (χ1) is 12.3. The van der Waals surface area contributed by atoms with Crippen molar-refractivity contribution in [1.29, 1.82) is 0 Å². The highest BCUT2D eigenvalue weighted by Crippen LogP contribution is 2.28. The lowest BCUT2D eigenvalue weighted by molar-refractivity contribution is 0.284. The van der Waals surface area contributed by atoms with Crippen molar-refractivity contribution >= 4 is 17.7 Å². The maximum absolute atomic E-state index is 5.70. The average molecular weight is 349 g/mol. The Labute approximate surface area is 150 Å². The van der Waals surface area contributed by atoms with Gasteiger partial charge in [0.2, 0.25) is 0 Å². The second kappa shape index (κ2) is 9.20. The van der Waals surface area contributed by atoms with Gasteiger partial charge in [0, 0.05) is 18.3 Å². The van der Waals surface area contributed by atoms with Crippen molar-refractivity contribution < 1.29 is 14.2 Å². The third kappa shape index (κ3) is 5.19. The molecule has 6 heteroatoms. The SMILES string of the molecule is CCC(CCC(CC1=NCCO1)CC(C)C1=NCCO1)C1=NCCO1. The Kier molecular flexibility index (Phi) is 6.70. The molecule has 3 rings (SSSR count). The molecule has 3 aliphatic rings. The van der Waals surface area contributed by atoms with Crippen LogP contribution in [-0.4, -0.2) is 57.1 Å². The fraction of sp³-hybridized carbons (Fsp3) is 0.842. The van der Waals surface area contributed by atoms with E-state index in [-0.39, 0.29) is 0 Å². The number of ether oxygens (including phenoxy) is 3. The highest BCUT2D eigenvalue weighted by atomic mass is 16.5. The molecular formula is C19H31N3O3. The number of aliphatic imine (C=N–C) groups is 3. The van der Waals surface area contributed by atoms with Crippen LogP contribution in [0.2, 0.25) is 0 Å². The molecule has 0 aromatic rings. The van der Waals surface area contributed by atoms with Gasteiger partial charge in [-0.1, -0.05) is 13.8 Å². The summed E-state index contributed by atoms with van der Waals surface area (Å²) in [6, 6.07) is 0. The van der Waals surface area contributed by atoms with Crippen molar-refractivity contribution in [3.05, 3.63) is 0 Å². The molecule has 0 spiro atoms. The molecular weight excluding hydrogens is 318 g/mol. The molecule has 3 heterocycles.